The summed E-state index contributed by atoms with van der Waals surface area (Å²) in [7, 11) is -1.71. The molecule has 0 atom stereocenters. The Balaban J connectivity index is 1.78. The molecule has 0 heterocycles. The van der Waals surface area contributed by atoms with Crippen molar-refractivity contribution in [2.45, 2.75) is 19.3 Å². The minimum absolute atomic E-state index is 0.404. The first-order valence-corrected chi connectivity index (χ1v) is 7.97. The summed E-state index contributed by atoms with van der Waals surface area (Å²) in [4.78, 5) is 0. The highest BCUT2D eigenvalue weighted by Gasteiger charge is 2.27. The molecule has 5 nitrogen and oxygen atoms in total. The van der Waals surface area contributed by atoms with Gasteiger partial charge in [0.05, 0.1) is 0 Å². The van der Waals surface area contributed by atoms with Crippen molar-refractivity contribution in [1.29, 1.82) is 0 Å². The second-order valence-electron chi connectivity index (χ2n) is 5.11. The first kappa shape index (κ1) is 14.3. The SMILES string of the molecule is CN(CC1CC1)S(=O)(=O)NCCc1ccc(N)cc1. The van der Waals surface area contributed by atoms with E-state index in [1.54, 1.807) is 7.05 Å². The van der Waals surface area contributed by atoms with Crippen LogP contribution in [0.5, 0.6) is 0 Å². The van der Waals surface area contributed by atoms with Gasteiger partial charge in [-0.3, -0.25) is 0 Å². The molecule has 1 saturated carbocycles. The van der Waals surface area contributed by atoms with Crippen LogP contribution >= 0.6 is 0 Å². The smallest absolute Gasteiger partial charge is 0.279 e. The molecule has 1 aromatic carbocycles. The van der Waals surface area contributed by atoms with Crippen LogP contribution in [0.4, 0.5) is 5.69 Å². The first-order valence-electron chi connectivity index (χ1n) is 6.53. The number of benzene rings is 1. The van der Waals surface area contributed by atoms with Crippen LogP contribution in [-0.4, -0.2) is 32.9 Å². The maximum Gasteiger partial charge on any atom is 0.279 e. The maximum atomic E-state index is 11.9. The van der Waals surface area contributed by atoms with Crippen molar-refractivity contribution in [2.75, 3.05) is 25.9 Å². The van der Waals surface area contributed by atoms with Crippen molar-refractivity contribution in [3.8, 4) is 0 Å². The molecule has 1 aliphatic carbocycles. The van der Waals surface area contributed by atoms with Gasteiger partial charge in [-0.25, -0.2) is 4.72 Å². The third-order valence-electron chi connectivity index (χ3n) is 3.30. The molecule has 1 aliphatic rings. The summed E-state index contributed by atoms with van der Waals surface area (Å²) in [6, 6.07) is 7.47. The molecule has 0 unspecified atom stereocenters. The zero-order valence-electron chi connectivity index (χ0n) is 11.2. The van der Waals surface area contributed by atoms with Gasteiger partial charge in [0.1, 0.15) is 0 Å². The standard InChI is InChI=1S/C13H21N3O2S/c1-16(10-12-2-3-12)19(17,18)15-9-8-11-4-6-13(14)7-5-11/h4-7,12,15H,2-3,8-10,14H2,1H3. The molecule has 106 valence electrons. The van der Waals surface area contributed by atoms with E-state index in [4.69, 9.17) is 5.73 Å². The number of hydrogen-bond acceptors (Lipinski definition) is 3. The molecule has 0 bridgehead atoms. The Morgan fingerprint density at radius 3 is 2.53 bits per heavy atom. The zero-order valence-corrected chi connectivity index (χ0v) is 12.0. The van der Waals surface area contributed by atoms with Gasteiger partial charge in [0, 0.05) is 25.8 Å². The Morgan fingerprint density at radius 2 is 1.95 bits per heavy atom. The Bertz CT molecular complexity index is 509. The lowest BCUT2D eigenvalue weighted by molar-refractivity contribution is 0.443. The van der Waals surface area contributed by atoms with Crippen molar-refractivity contribution in [3.05, 3.63) is 29.8 Å². The van der Waals surface area contributed by atoms with Crippen LogP contribution in [0.15, 0.2) is 24.3 Å². The predicted octanol–water partition coefficient (Wildman–Crippen LogP) is 0.988. The number of nitrogen functional groups attached to an aromatic ring is 1. The van der Waals surface area contributed by atoms with E-state index >= 15 is 0 Å². The molecule has 3 N–H and O–H groups in total. The Kier molecular flexibility index (Phi) is 4.44. The van der Waals surface area contributed by atoms with E-state index in [2.05, 4.69) is 4.72 Å². The normalized spacial score (nSPS) is 15.9. The van der Waals surface area contributed by atoms with Gasteiger partial charge >= 0.3 is 0 Å². The number of anilines is 1. The van der Waals surface area contributed by atoms with Crippen LogP contribution in [0.25, 0.3) is 0 Å². The summed E-state index contributed by atoms with van der Waals surface area (Å²) in [6.45, 7) is 1.03. The minimum Gasteiger partial charge on any atom is -0.399 e. The molecule has 19 heavy (non-hydrogen) atoms. The molecule has 0 aromatic heterocycles. The van der Waals surface area contributed by atoms with Gasteiger partial charge in [0.15, 0.2) is 0 Å². The lowest BCUT2D eigenvalue weighted by Crippen LogP contribution is -2.40. The fraction of sp³-hybridized carbons (Fsp3) is 0.538. The number of nitrogens with zero attached hydrogens (tertiary/aromatic N) is 1. The summed E-state index contributed by atoms with van der Waals surface area (Å²) in [5, 5.41) is 0. The average Bonchev–Trinajstić information content (AvgIpc) is 3.15. The summed E-state index contributed by atoms with van der Waals surface area (Å²) >= 11 is 0. The molecule has 1 aromatic rings. The second kappa shape index (κ2) is 5.90. The number of nitrogens with two attached hydrogens (primary N) is 1. The largest absolute Gasteiger partial charge is 0.399 e. The predicted molar refractivity (Wildman–Crippen MR) is 76.8 cm³/mol. The number of hydrogen-bond donors (Lipinski definition) is 2. The van der Waals surface area contributed by atoms with Crippen molar-refractivity contribution in [1.82, 2.24) is 9.03 Å². The van der Waals surface area contributed by atoms with E-state index < -0.39 is 10.2 Å². The molecule has 0 radical (unpaired) electrons. The summed E-state index contributed by atoms with van der Waals surface area (Å²) in [5.74, 6) is 0.554. The van der Waals surface area contributed by atoms with E-state index in [0.29, 0.717) is 31.1 Å². The Hall–Kier alpha value is -1.11. The van der Waals surface area contributed by atoms with E-state index in [9.17, 15) is 8.42 Å². The van der Waals surface area contributed by atoms with Gasteiger partial charge in [0.2, 0.25) is 0 Å². The van der Waals surface area contributed by atoms with Crippen LogP contribution < -0.4 is 10.5 Å². The van der Waals surface area contributed by atoms with E-state index in [1.165, 1.54) is 4.31 Å². The highest BCUT2D eigenvalue weighted by molar-refractivity contribution is 7.87. The Labute approximate surface area is 115 Å². The molecule has 2 rings (SSSR count). The first-order chi connectivity index (χ1) is 8.97. The lowest BCUT2D eigenvalue weighted by Gasteiger charge is -2.17. The second-order valence-corrected chi connectivity index (χ2v) is 6.98. The summed E-state index contributed by atoms with van der Waals surface area (Å²) in [5.41, 5.74) is 7.39. The van der Waals surface area contributed by atoms with Crippen LogP contribution in [0.1, 0.15) is 18.4 Å². The lowest BCUT2D eigenvalue weighted by atomic mass is 10.1. The fourth-order valence-electron chi connectivity index (χ4n) is 1.88. The van der Waals surface area contributed by atoms with Gasteiger partial charge < -0.3 is 5.73 Å². The quantitative estimate of drug-likeness (QED) is 0.733. The topological polar surface area (TPSA) is 75.4 Å². The third kappa shape index (κ3) is 4.49. The van der Waals surface area contributed by atoms with Crippen molar-refractivity contribution >= 4 is 15.9 Å². The van der Waals surface area contributed by atoms with Gasteiger partial charge in [-0.2, -0.15) is 12.7 Å². The minimum atomic E-state index is -3.34. The Morgan fingerprint density at radius 1 is 1.32 bits per heavy atom. The zero-order chi connectivity index (χ0) is 13.9. The van der Waals surface area contributed by atoms with Crippen molar-refractivity contribution < 1.29 is 8.42 Å². The monoisotopic (exact) mass is 283 g/mol. The van der Waals surface area contributed by atoms with Crippen LogP contribution in [0, 0.1) is 5.92 Å². The average molecular weight is 283 g/mol. The molecule has 6 heteroatoms. The van der Waals surface area contributed by atoms with Gasteiger partial charge in [-0.15, -0.1) is 0 Å². The molecule has 0 spiro atoms. The van der Waals surface area contributed by atoms with Crippen molar-refractivity contribution in [3.63, 3.8) is 0 Å². The van der Waals surface area contributed by atoms with Crippen LogP contribution in [-0.2, 0) is 16.6 Å². The molecular formula is C13H21N3O2S. The van der Waals surface area contributed by atoms with E-state index in [-0.39, 0.29) is 0 Å². The number of nitrogens with one attached hydrogen (secondary N) is 1. The van der Waals surface area contributed by atoms with Gasteiger partial charge in [-0.05, 0) is 42.9 Å². The molecule has 0 amide bonds. The maximum absolute atomic E-state index is 11.9. The third-order valence-corrected chi connectivity index (χ3v) is 4.84. The highest BCUT2D eigenvalue weighted by Crippen LogP contribution is 2.29. The van der Waals surface area contributed by atoms with Crippen LogP contribution in [0.2, 0.25) is 0 Å². The summed E-state index contributed by atoms with van der Waals surface area (Å²) in [6.07, 6.45) is 2.95. The van der Waals surface area contributed by atoms with Gasteiger partial charge in [0.25, 0.3) is 10.2 Å². The fourth-order valence-corrected chi connectivity index (χ4v) is 2.87. The summed E-state index contributed by atoms with van der Waals surface area (Å²) < 4.78 is 27.9. The van der Waals surface area contributed by atoms with E-state index in [1.807, 2.05) is 24.3 Å². The number of rotatable bonds is 7. The molecule has 0 saturated heterocycles. The molecule has 1 fully saturated rings. The van der Waals surface area contributed by atoms with E-state index in [0.717, 1.165) is 18.4 Å². The molecular weight excluding hydrogens is 262 g/mol. The highest BCUT2D eigenvalue weighted by atomic mass is 32.2. The van der Waals surface area contributed by atoms with Crippen LogP contribution in [0.3, 0.4) is 0 Å². The van der Waals surface area contributed by atoms with Gasteiger partial charge in [-0.1, -0.05) is 12.1 Å². The molecule has 0 aliphatic heterocycles. The van der Waals surface area contributed by atoms with Crippen molar-refractivity contribution in [2.24, 2.45) is 5.92 Å².